The first-order valence-corrected chi connectivity index (χ1v) is 9.10. The zero-order valence-corrected chi connectivity index (χ0v) is 16.3. The van der Waals surface area contributed by atoms with Crippen LogP contribution in [0.2, 0.25) is 0 Å². The van der Waals surface area contributed by atoms with E-state index in [2.05, 4.69) is 13.3 Å². The molecule has 0 amide bonds. The summed E-state index contributed by atoms with van der Waals surface area (Å²) in [5.41, 5.74) is -6.62. The highest BCUT2D eigenvalue weighted by Gasteiger charge is 2.93. The second-order valence-corrected chi connectivity index (χ2v) is 8.83. The van der Waals surface area contributed by atoms with Gasteiger partial charge in [0.1, 0.15) is 0 Å². The molecule has 0 saturated heterocycles. The third kappa shape index (κ3) is 4.46. The van der Waals surface area contributed by atoms with Gasteiger partial charge in [0.15, 0.2) is 0 Å². The van der Waals surface area contributed by atoms with E-state index < -0.39 is 63.0 Å². The summed E-state index contributed by atoms with van der Waals surface area (Å²) >= 11 is 0. The van der Waals surface area contributed by atoms with Crippen molar-refractivity contribution in [2.45, 2.75) is 54.2 Å². The first kappa shape index (κ1) is 30.0. The Balaban J connectivity index is 6.55. The summed E-state index contributed by atoms with van der Waals surface area (Å²) in [5.74, 6) is -37.9. The van der Waals surface area contributed by atoms with Crippen LogP contribution < -0.4 is 0 Å². The molecule has 0 fully saturated rings. The van der Waals surface area contributed by atoms with Gasteiger partial charge in [-0.15, -0.1) is 0 Å². The largest absolute Gasteiger partial charge is 0.581 e. The molecule has 0 aromatic heterocycles. The van der Waals surface area contributed by atoms with Crippen LogP contribution in [0.15, 0.2) is 0 Å². The van der Waals surface area contributed by atoms with Gasteiger partial charge in [0.2, 0.25) is 0 Å². The van der Waals surface area contributed by atoms with Gasteiger partial charge in [0.25, 0.3) is 0 Å². The average molecular weight is 518 g/mol. The van der Waals surface area contributed by atoms with Crippen LogP contribution in [-0.4, -0.2) is 71.5 Å². The minimum atomic E-state index is -8.00. The summed E-state index contributed by atoms with van der Waals surface area (Å²) in [6.07, 6.45) is -11.8. The molecule has 0 aromatic carbocycles. The van der Waals surface area contributed by atoms with Crippen LogP contribution in [-0.2, 0) is 13.3 Å². The third-order valence-electron chi connectivity index (χ3n) is 3.95. The zero-order valence-electron chi connectivity index (χ0n) is 15.3. The van der Waals surface area contributed by atoms with Crippen molar-refractivity contribution >= 4 is 8.80 Å². The van der Waals surface area contributed by atoms with Gasteiger partial charge in [-0.25, -0.2) is 0 Å². The second kappa shape index (κ2) is 8.43. The van der Waals surface area contributed by atoms with Gasteiger partial charge in [-0.3, -0.25) is 0 Å². The average Bonchev–Trinajstić information content (AvgIpc) is 2.60. The lowest BCUT2D eigenvalue weighted by Crippen LogP contribution is -2.76. The maximum atomic E-state index is 14.1. The van der Waals surface area contributed by atoms with Crippen LogP contribution in [0.25, 0.3) is 0 Å². The fraction of sp³-hybridized carbons (Fsp3) is 1.00. The molecule has 0 bridgehead atoms. The van der Waals surface area contributed by atoms with E-state index in [9.17, 15) is 65.9 Å². The summed E-state index contributed by atoms with van der Waals surface area (Å²) in [7, 11) is -6.06. The molecule has 0 rings (SSSR count). The number of rotatable bonds is 11. The molecule has 0 aliphatic heterocycles. The maximum absolute atomic E-state index is 14.1. The number of hydrogen-bond donors (Lipinski definition) is 0. The van der Waals surface area contributed by atoms with Gasteiger partial charge in [-0.2, -0.15) is 65.9 Å². The molecule has 0 saturated carbocycles. The molecule has 0 aliphatic carbocycles. The van der Waals surface area contributed by atoms with Crippen LogP contribution >= 0.6 is 0 Å². The van der Waals surface area contributed by atoms with E-state index in [4.69, 9.17) is 0 Å². The number of halogens is 15. The molecule has 188 valence electrons. The van der Waals surface area contributed by atoms with Gasteiger partial charge < -0.3 is 13.3 Å². The monoisotopic (exact) mass is 518 g/mol. The Kier molecular flexibility index (Phi) is 8.18. The van der Waals surface area contributed by atoms with Crippen LogP contribution in [0, 0.1) is 0 Å². The van der Waals surface area contributed by atoms with Gasteiger partial charge in [-0.05, 0) is 0 Å². The van der Waals surface area contributed by atoms with Crippen molar-refractivity contribution in [2.75, 3.05) is 21.3 Å². The second-order valence-electron chi connectivity index (χ2n) is 5.86. The normalized spacial score (nSPS) is 16.1. The fourth-order valence-corrected chi connectivity index (χ4v) is 3.91. The summed E-state index contributed by atoms with van der Waals surface area (Å²) in [5, 5.41) is 0. The third-order valence-corrected chi connectivity index (χ3v) is 6.65. The van der Waals surface area contributed by atoms with Gasteiger partial charge in [0, 0.05) is 34.2 Å². The highest BCUT2D eigenvalue weighted by molar-refractivity contribution is 6.63. The highest BCUT2D eigenvalue weighted by atomic mass is 28.4. The van der Waals surface area contributed by atoms with Crippen molar-refractivity contribution in [1.29, 1.82) is 0 Å². The molecule has 0 spiro atoms. The number of hydrogen-bond acceptors (Lipinski definition) is 3. The zero-order chi connectivity index (χ0) is 25.5. The molecule has 0 aromatic rings. The molecule has 19 heteroatoms. The van der Waals surface area contributed by atoms with E-state index >= 15 is 0 Å². The Bertz CT molecular complexity index is 607. The Hall–Kier alpha value is -0.953. The van der Waals surface area contributed by atoms with E-state index in [1.807, 2.05) is 0 Å². The van der Waals surface area contributed by atoms with Crippen molar-refractivity contribution in [3.8, 4) is 0 Å². The summed E-state index contributed by atoms with van der Waals surface area (Å²) in [4.78, 5) is 0. The minimum absolute atomic E-state index is 0.111. The molecule has 0 atom stereocenters. The Labute approximate surface area is 164 Å². The predicted octanol–water partition coefficient (Wildman–Crippen LogP) is 5.56. The number of alkyl halides is 15. The molecular weight excluding hydrogens is 505 g/mol. The van der Waals surface area contributed by atoms with E-state index in [0.29, 0.717) is 0 Å². The first-order chi connectivity index (χ1) is 13.4. The SMILES string of the molecule is CO[Si](OC)(OC)C(F)(F)C(F)(F)C(F)(F)C(F)(F)C(F)(F)C(F)(F)CCC(F)(F)F. The Morgan fingerprint density at radius 1 is 0.484 bits per heavy atom. The van der Waals surface area contributed by atoms with Crippen LogP contribution in [0.5, 0.6) is 0 Å². The van der Waals surface area contributed by atoms with E-state index in [0.717, 1.165) is 0 Å². The predicted molar refractivity (Wildman–Crippen MR) is 71.8 cm³/mol. The van der Waals surface area contributed by atoms with E-state index in [1.165, 1.54) is 0 Å². The van der Waals surface area contributed by atoms with Gasteiger partial charge in [0.05, 0.1) is 0 Å². The van der Waals surface area contributed by atoms with Crippen LogP contribution in [0.3, 0.4) is 0 Å². The lowest BCUT2D eigenvalue weighted by molar-refractivity contribution is -0.421. The van der Waals surface area contributed by atoms with E-state index in [-0.39, 0.29) is 21.3 Å². The maximum Gasteiger partial charge on any atom is 0.581 e. The molecular formula is C12H13F15O3Si. The Morgan fingerprint density at radius 3 is 1.10 bits per heavy atom. The van der Waals surface area contributed by atoms with Crippen LogP contribution in [0.1, 0.15) is 12.8 Å². The lowest BCUT2D eigenvalue weighted by Gasteiger charge is -2.43. The highest BCUT2D eigenvalue weighted by Crippen LogP contribution is 2.62. The van der Waals surface area contributed by atoms with Crippen molar-refractivity contribution in [1.82, 2.24) is 0 Å². The van der Waals surface area contributed by atoms with Crippen LogP contribution in [0.4, 0.5) is 65.9 Å². The first-order valence-electron chi connectivity index (χ1n) is 7.38. The standard InChI is InChI=1S/C12H13F15O3Si/c1-28-31(29-2,30-3)12(26,27)11(24,25)10(22,23)9(20,21)8(18,19)6(13,14)4-5-7(15,16)17/h4-5H2,1-3H3. The minimum Gasteiger partial charge on any atom is -0.373 e. The quantitative estimate of drug-likeness (QED) is 0.265. The molecule has 0 unspecified atom stereocenters. The van der Waals surface area contributed by atoms with Gasteiger partial charge >= 0.3 is 50.1 Å². The van der Waals surface area contributed by atoms with Crippen molar-refractivity contribution in [2.24, 2.45) is 0 Å². The molecule has 31 heavy (non-hydrogen) atoms. The summed E-state index contributed by atoms with van der Waals surface area (Å²) < 4.78 is 211. The molecule has 3 nitrogen and oxygen atoms in total. The Morgan fingerprint density at radius 2 is 0.806 bits per heavy atom. The topological polar surface area (TPSA) is 27.7 Å². The van der Waals surface area contributed by atoms with Gasteiger partial charge in [-0.1, -0.05) is 0 Å². The fourth-order valence-electron chi connectivity index (χ4n) is 2.10. The summed E-state index contributed by atoms with van der Waals surface area (Å²) in [6.45, 7) is 0. The summed E-state index contributed by atoms with van der Waals surface area (Å²) in [6, 6.07) is 0. The molecule has 0 N–H and O–H groups in total. The van der Waals surface area contributed by atoms with E-state index in [1.54, 1.807) is 0 Å². The van der Waals surface area contributed by atoms with Crippen molar-refractivity contribution in [3.05, 3.63) is 0 Å². The molecule has 0 radical (unpaired) electrons. The molecule has 0 heterocycles. The smallest absolute Gasteiger partial charge is 0.373 e. The lowest BCUT2D eigenvalue weighted by atomic mass is 9.92. The molecule has 0 aliphatic rings. The van der Waals surface area contributed by atoms with Crippen molar-refractivity contribution < 1.29 is 79.1 Å². The van der Waals surface area contributed by atoms with Crippen molar-refractivity contribution in [3.63, 3.8) is 0 Å².